The first-order valence-electron chi connectivity index (χ1n) is 10.4. The quantitative estimate of drug-likeness (QED) is 0.606. The molecule has 2 amide bonds. The number of benzene rings is 2. The molecule has 2 aromatic carbocycles. The van der Waals surface area contributed by atoms with E-state index in [1.807, 2.05) is 36.4 Å². The zero-order valence-electron chi connectivity index (χ0n) is 17.4. The fraction of sp³-hybridized carbons (Fsp3) is 0.304. The second-order valence-corrected chi connectivity index (χ2v) is 7.45. The minimum Gasteiger partial charge on any atom is -0.492 e. The van der Waals surface area contributed by atoms with Crippen LogP contribution in [-0.4, -0.2) is 39.7 Å². The Morgan fingerprint density at radius 1 is 1.23 bits per heavy atom. The molecular formula is C23H25N5O3. The molecule has 0 spiro atoms. The topological polar surface area (TPSA) is 89.3 Å². The van der Waals surface area contributed by atoms with Crippen molar-refractivity contribution in [3.63, 3.8) is 0 Å². The van der Waals surface area contributed by atoms with Gasteiger partial charge in [0.05, 0.1) is 12.5 Å². The van der Waals surface area contributed by atoms with Crippen molar-refractivity contribution in [1.82, 2.24) is 14.8 Å². The molecule has 3 aromatic rings. The molecule has 1 unspecified atom stereocenters. The van der Waals surface area contributed by atoms with Crippen LogP contribution >= 0.6 is 0 Å². The minimum absolute atomic E-state index is 0.0328. The zero-order valence-corrected chi connectivity index (χ0v) is 17.4. The van der Waals surface area contributed by atoms with E-state index < -0.39 is 5.92 Å². The Balaban J connectivity index is 1.33. The lowest BCUT2D eigenvalue weighted by molar-refractivity contribution is -0.122. The predicted molar refractivity (Wildman–Crippen MR) is 117 cm³/mol. The highest BCUT2D eigenvalue weighted by atomic mass is 16.5. The molecule has 31 heavy (non-hydrogen) atoms. The van der Waals surface area contributed by atoms with Gasteiger partial charge in [-0.15, -0.1) is 0 Å². The van der Waals surface area contributed by atoms with Gasteiger partial charge in [0, 0.05) is 30.4 Å². The van der Waals surface area contributed by atoms with Crippen LogP contribution < -0.4 is 15.0 Å². The molecule has 1 fully saturated rings. The predicted octanol–water partition coefficient (Wildman–Crippen LogP) is 2.91. The molecule has 0 radical (unpaired) electrons. The van der Waals surface area contributed by atoms with Crippen LogP contribution in [0.25, 0.3) is 0 Å². The third kappa shape index (κ3) is 5.09. The highest BCUT2D eigenvalue weighted by molar-refractivity contribution is 6.03. The first kappa shape index (κ1) is 20.6. The van der Waals surface area contributed by atoms with E-state index in [-0.39, 0.29) is 18.2 Å². The smallest absolute Gasteiger partial charge is 0.229 e. The zero-order chi connectivity index (χ0) is 21.6. The molecule has 1 aliphatic heterocycles. The van der Waals surface area contributed by atoms with Crippen LogP contribution in [0.4, 0.5) is 11.4 Å². The summed E-state index contributed by atoms with van der Waals surface area (Å²) in [5, 5.41) is 6.94. The van der Waals surface area contributed by atoms with E-state index in [0.29, 0.717) is 31.1 Å². The van der Waals surface area contributed by atoms with E-state index in [1.54, 1.807) is 28.0 Å². The van der Waals surface area contributed by atoms with Crippen molar-refractivity contribution >= 4 is 23.2 Å². The number of ether oxygens (including phenoxy) is 1. The van der Waals surface area contributed by atoms with Gasteiger partial charge in [-0.05, 0) is 36.2 Å². The summed E-state index contributed by atoms with van der Waals surface area (Å²) >= 11 is 0. The van der Waals surface area contributed by atoms with E-state index in [9.17, 15) is 9.59 Å². The number of aromatic nitrogens is 3. The molecule has 1 N–H and O–H groups in total. The fourth-order valence-corrected chi connectivity index (χ4v) is 3.56. The fourth-order valence-electron chi connectivity index (χ4n) is 3.56. The molecule has 4 rings (SSSR count). The lowest BCUT2D eigenvalue weighted by atomic mass is 10.1. The number of anilines is 2. The van der Waals surface area contributed by atoms with Gasteiger partial charge in [0.25, 0.3) is 0 Å². The van der Waals surface area contributed by atoms with Gasteiger partial charge in [-0.2, -0.15) is 5.10 Å². The molecule has 0 bridgehead atoms. The number of aryl methyl sites for hydroxylation is 1. The van der Waals surface area contributed by atoms with Gasteiger partial charge >= 0.3 is 0 Å². The Morgan fingerprint density at radius 2 is 2.06 bits per heavy atom. The van der Waals surface area contributed by atoms with Crippen molar-refractivity contribution in [2.45, 2.75) is 26.3 Å². The van der Waals surface area contributed by atoms with Crippen molar-refractivity contribution < 1.29 is 14.3 Å². The second-order valence-electron chi connectivity index (χ2n) is 7.45. The number of hydrogen-bond donors (Lipinski definition) is 1. The minimum atomic E-state index is -0.393. The van der Waals surface area contributed by atoms with E-state index in [0.717, 1.165) is 12.1 Å². The van der Waals surface area contributed by atoms with Crippen molar-refractivity contribution in [1.29, 1.82) is 0 Å². The summed E-state index contributed by atoms with van der Waals surface area (Å²) in [5.41, 5.74) is 2.69. The molecular weight excluding hydrogens is 394 g/mol. The standard InChI is InChI=1S/C23H25N5O3/c1-2-17-6-8-20(9-7-17)28-14-18(12-22(28)29)23(30)26-19-4-3-5-21(13-19)31-11-10-27-16-24-15-25-27/h3-9,13,15-16,18H,2,10-12,14H2,1H3,(H,26,30). The summed E-state index contributed by atoms with van der Waals surface area (Å²) in [5.74, 6) is 0.0590. The van der Waals surface area contributed by atoms with Crippen LogP contribution in [0.3, 0.4) is 0 Å². The van der Waals surface area contributed by atoms with Crippen LogP contribution in [-0.2, 0) is 22.6 Å². The number of carbonyl (C=O) groups excluding carboxylic acids is 2. The van der Waals surface area contributed by atoms with E-state index in [4.69, 9.17) is 4.74 Å². The lowest BCUT2D eigenvalue weighted by Gasteiger charge is -2.17. The van der Waals surface area contributed by atoms with E-state index in [2.05, 4.69) is 22.3 Å². The first-order chi connectivity index (χ1) is 15.1. The summed E-state index contributed by atoms with van der Waals surface area (Å²) in [6, 6.07) is 15.2. The molecule has 1 aliphatic rings. The van der Waals surface area contributed by atoms with Gasteiger partial charge in [0.2, 0.25) is 11.8 Å². The molecule has 1 atom stereocenters. The Labute approximate surface area is 180 Å². The van der Waals surface area contributed by atoms with Crippen LogP contribution in [0, 0.1) is 5.92 Å². The SMILES string of the molecule is CCc1ccc(N2CC(C(=O)Nc3cccc(OCCn4cncn4)c3)CC2=O)cc1. The Bertz CT molecular complexity index is 1030. The summed E-state index contributed by atoms with van der Waals surface area (Å²) in [6.07, 6.45) is 4.26. The molecule has 0 saturated carbocycles. The number of amides is 2. The van der Waals surface area contributed by atoms with Gasteiger partial charge in [-0.3, -0.25) is 9.59 Å². The Hall–Kier alpha value is -3.68. The van der Waals surface area contributed by atoms with Crippen LogP contribution in [0.2, 0.25) is 0 Å². The van der Waals surface area contributed by atoms with Gasteiger partial charge in [-0.25, -0.2) is 9.67 Å². The maximum absolute atomic E-state index is 12.8. The molecule has 1 saturated heterocycles. The average molecular weight is 419 g/mol. The number of carbonyl (C=O) groups is 2. The maximum Gasteiger partial charge on any atom is 0.229 e. The highest BCUT2D eigenvalue weighted by Gasteiger charge is 2.35. The van der Waals surface area contributed by atoms with Gasteiger partial charge in [0.15, 0.2) is 0 Å². The number of nitrogens with zero attached hydrogens (tertiary/aromatic N) is 4. The van der Waals surface area contributed by atoms with Crippen LogP contribution in [0.1, 0.15) is 18.9 Å². The van der Waals surface area contributed by atoms with Gasteiger partial charge < -0.3 is 15.0 Å². The largest absolute Gasteiger partial charge is 0.492 e. The molecule has 160 valence electrons. The molecule has 0 aliphatic carbocycles. The highest BCUT2D eigenvalue weighted by Crippen LogP contribution is 2.27. The maximum atomic E-state index is 12.8. The molecule has 2 heterocycles. The summed E-state index contributed by atoms with van der Waals surface area (Å²) in [4.78, 5) is 30.8. The lowest BCUT2D eigenvalue weighted by Crippen LogP contribution is -2.28. The summed E-state index contributed by atoms with van der Waals surface area (Å²) in [7, 11) is 0. The first-order valence-corrected chi connectivity index (χ1v) is 10.4. The van der Waals surface area contributed by atoms with E-state index >= 15 is 0 Å². The second kappa shape index (κ2) is 9.42. The van der Waals surface area contributed by atoms with E-state index in [1.165, 1.54) is 11.9 Å². The molecule has 8 heteroatoms. The summed E-state index contributed by atoms with van der Waals surface area (Å²) < 4.78 is 7.42. The third-order valence-corrected chi connectivity index (χ3v) is 5.31. The average Bonchev–Trinajstić information content (AvgIpc) is 3.44. The van der Waals surface area contributed by atoms with Crippen molar-refractivity contribution in [2.75, 3.05) is 23.4 Å². The summed E-state index contributed by atoms with van der Waals surface area (Å²) in [6.45, 7) is 3.48. The Kier molecular flexibility index (Phi) is 6.26. The van der Waals surface area contributed by atoms with Crippen molar-refractivity contribution in [2.24, 2.45) is 5.92 Å². The van der Waals surface area contributed by atoms with Gasteiger partial charge in [0.1, 0.15) is 25.0 Å². The van der Waals surface area contributed by atoms with Crippen molar-refractivity contribution in [3.8, 4) is 5.75 Å². The van der Waals surface area contributed by atoms with Crippen LogP contribution in [0.5, 0.6) is 5.75 Å². The molecule has 8 nitrogen and oxygen atoms in total. The molecule has 1 aromatic heterocycles. The normalized spacial score (nSPS) is 15.8. The number of nitrogens with one attached hydrogen (secondary N) is 1. The third-order valence-electron chi connectivity index (χ3n) is 5.31. The van der Waals surface area contributed by atoms with Crippen LogP contribution in [0.15, 0.2) is 61.2 Å². The van der Waals surface area contributed by atoms with Crippen molar-refractivity contribution in [3.05, 3.63) is 66.7 Å². The monoisotopic (exact) mass is 419 g/mol. The number of hydrogen-bond acceptors (Lipinski definition) is 5. The van der Waals surface area contributed by atoms with Gasteiger partial charge in [-0.1, -0.05) is 25.1 Å². The Morgan fingerprint density at radius 3 is 2.81 bits per heavy atom. The number of rotatable bonds is 8.